The van der Waals surface area contributed by atoms with E-state index >= 15 is 0 Å². The number of aryl methyl sites for hydroxylation is 1. The highest BCUT2D eigenvalue weighted by atomic mass is 35.5. The van der Waals surface area contributed by atoms with Gasteiger partial charge in [-0.2, -0.15) is 0 Å². The molecule has 0 saturated heterocycles. The molecule has 0 saturated carbocycles. The van der Waals surface area contributed by atoms with E-state index in [9.17, 15) is 4.39 Å². The first-order valence-corrected chi connectivity index (χ1v) is 6.52. The molecule has 0 atom stereocenters. The number of aromatic nitrogens is 1. The molecule has 0 aliphatic carbocycles. The molecule has 1 heterocycles. The zero-order valence-corrected chi connectivity index (χ0v) is 11.3. The zero-order chi connectivity index (χ0) is 13.4. The molecule has 0 aliphatic heterocycles. The fraction of sp³-hybridized carbons (Fsp3) is 0.125. The monoisotopic (exact) mass is 273 g/mol. The van der Waals surface area contributed by atoms with Crippen LogP contribution >= 0.6 is 11.6 Å². The van der Waals surface area contributed by atoms with E-state index in [2.05, 4.69) is 29.7 Å². The average molecular weight is 274 g/mol. The molecule has 0 fully saturated rings. The zero-order valence-electron chi connectivity index (χ0n) is 10.5. The van der Waals surface area contributed by atoms with Crippen molar-refractivity contribution in [1.82, 2.24) is 4.57 Å². The lowest BCUT2D eigenvalue weighted by Crippen LogP contribution is -2.01. The Balaban J connectivity index is 2.05. The fourth-order valence-corrected chi connectivity index (χ4v) is 2.50. The third kappa shape index (κ3) is 2.24. The molecule has 0 spiro atoms. The van der Waals surface area contributed by atoms with Crippen LogP contribution in [0.25, 0.3) is 10.9 Å². The number of halogens is 2. The molecule has 0 bridgehead atoms. The van der Waals surface area contributed by atoms with Gasteiger partial charge in [0.15, 0.2) is 0 Å². The van der Waals surface area contributed by atoms with Crippen LogP contribution in [0.4, 0.5) is 4.39 Å². The standard InChI is InChI=1S/C16H13ClFN/c1-11-8-13-4-2-3-5-16(13)19(11)10-12-6-7-14(17)15(18)9-12/h2-9H,10H2,1H3. The Bertz CT molecular complexity index is 746. The highest BCUT2D eigenvalue weighted by molar-refractivity contribution is 6.30. The molecule has 3 heteroatoms. The van der Waals surface area contributed by atoms with Gasteiger partial charge in [-0.3, -0.25) is 0 Å². The number of hydrogen-bond donors (Lipinski definition) is 0. The van der Waals surface area contributed by atoms with Crippen LogP contribution in [-0.2, 0) is 6.54 Å². The summed E-state index contributed by atoms with van der Waals surface area (Å²) in [5, 5.41) is 1.37. The van der Waals surface area contributed by atoms with Crippen molar-refractivity contribution in [3.63, 3.8) is 0 Å². The molecule has 3 rings (SSSR count). The van der Waals surface area contributed by atoms with Gasteiger partial charge in [0.05, 0.1) is 5.02 Å². The number of fused-ring (bicyclic) bond motifs is 1. The van der Waals surface area contributed by atoms with Crippen LogP contribution in [0.3, 0.4) is 0 Å². The molecule has 2 aromatic carbocycles. The highest BCUT2D eigenvalue weighted by Crippen LogP contribution is 2.22. The average Bonchev–Trinajstić information content (AvgIpc) is 2.71. The summed E-state index contributed by atoms with van der Waals surface area (Å²) >= 11 is 5.71. The van der Waals surface area contributed by atoms with E-state index in [0.717, 1.165) is 16.8 Å². The quantitative estimate of drug-likeness (QED) is 0.633. The second-order valence-electron chi connectivity index (χ2n) is 4.68. The highest BCUT2D eigenvalue weighted by Gasteiger charge is 2.07. The minimum atomic E-state index is -0.367. The summed E-state index contributed by atoms with van der Waals surface area (Å²) in [6, 6.07) is 15.3. The number of nitrogens with zero attached hydrogens (tertiary/aromatic N) is 1. The van der Waals surface area contributed by atoms with Gasteiger partial charge < -0.3 is 4.57 Å². The predicted octanol–water partition coefficient (Wildman–Crippen LogP) is 4.79. The van der Waals surface area contributed by atoms with Gasteiger partial charge in [0.1, 0.15) is 5.82 Å². The first-order valence-electron chi connectivity index (χ1n) is 6.14. The van der Waals surface area contributed by atoms with E-state index in [1.807, 2.05) is 18.2 Å². The Morgan fingerprint density at radius 1 is 1.11 bits per heavy atom. The lowest BCUT2D eigenvalue weighted by Gasteiger charge is -2.09. The largest absolute Gasteiger partial charge is 0.340 e. The van der Waals surface area contributed by atoms with Gasteiger partial charge in [0.25, 0.3) is 0 Å². The third-order valence-corrected chi connectivity index (χ3v) is 3.65. The Morgan fingerprint density at radius 3 is 2.68 bits per heavy atom. The van der Waals surface area contributed by atoms with Gasteiger partial charge in [0.2, 0.25) is 0 Å². The van der Waals surface area contributed by atoms with E-state index < -0.39 is 0 Å². The molecule has 96 valence electrons. The summed E-state index contributed by atoms with van der Waals surface area (Å²) in [5.74, 6) is -0.367. The van der Waals surface area contributed by atoms with Crippen LogP contribution in [0.15, 0.2) is 48.5 Å². The van der Waals surface area contributed by atoms with E-state index in [1.54, 1.807) is 6.07 Å². The van der Waals surface area contributed by atoms with E-state index in [4.69, 9.17) is 11.6 Å². The lowest BCUT2D eigenvalue weighted by atomic mass is 10.2. The van der Waals surface area contributed by atoms with Gasteiger partial charge in [-0.25, -0.2) is 4.39 Å². The third-order valence-electron chi connectivity index (χ3n) is 3.34. The minimum absolute atomic E-state index is 0.165. The number of hydrogen-bond acceptors (Lipinski definition) is 0. The van der Waals surface area contributed by atoms with Gasteiger partial charge in [-0.05, 0) is 42.1 Å². The van der Waals surface area contributed by atoms with Gasteiger partial charge >= 0.3 is 0 Å². The number of rotatable bonds is 2. The van der Waals surface area contributed by atoms with Crippen molar-refractivity contribution in [2.45, 2.75) is 13.5 Å². The van der Waals surface area contributed by atoms with Crippen LogP contribution in [0.2, 0.25) is 5.02 Å². The second kappa shape index (κ2) is 4.71. The van der Waals surface area contributed by atoms with Crippen molar-refractivity contribution in [3.8, 4) is 0 Å². The molecular formula is C16H13ClFN. The molecule has 0 aliphatic rings. The van der Waals surface area contributed by atoms with Crippen molar-refractivity contribution in [2.75, 3.05) is 0 Å². The summed E-state index contributed by atoms with van der Waals surface area (Å²) in [5.41, 5.74) is 3.23. The SMILES string of the molecule is Cc1cc2ccccc2n1Cc1ccc(Cl)c(F)c1. The fourth-order valence-electron chi connectivity index (χ4n) is 2.38. The van der Waals surface area contributed by atoms with Crippen molar-refractivity contribution < 1.29 is 4.39 Å². The van der Waals surface area contributed by atoms with Crippen molar-refractivity contribution in [1.29, 1.82) is 0 Å². The lowest BCUT2D eigenvalue weighted by molar-refractivity contribution is 0.624. The van der Waals surface area contributed by atoms with Crippen molar-refractivity contribution in [3.05, 3.63) is 70.6 Å². The molecule has 3 aromatic rings. The summed E-state index contributed by atoms with van der Waals surface area (Å²) in [7, 11) is 0. The molecule has 0 radical (unpaired) electrons. The van der Waals surface area contributed by atoms with Gasteiger partial charge in [-0.1, -0.05) is 35.9 Å². The molecule has 0 N–H and O–H groups in total. The van der Waals surface area contributed by atoms with Crippen LogP contribution in [0.5, 0.6) is 0 Å². The maximum Gasteiger partial charge on any atom is 0.142 e. The predicted molar refractivity (Wildman–Crippen MR) is 77.2 cm³/mol. The summed E-state index contributed by atoms with van der Waals surface area (Å²) in [4.78, 5) is 0. The van der Waals surface area contributed by atoms with Crippen LogP contribution in [0, 0.1) is 12.7 Å². The topological polar surface area (TPSA) is 4.93 Å². The maximum atomic E-state index is 13.5. The maximum absolute atomic E-state index is 13.5. The van der Waals surface area contributed by atoms with E-state index in [0.29, 0.717) is 6.54 Å². The van der Waals surface area contributed by atoms with E-state index in [1.165, 1.54) is 11.5 Å². The Kier molecular flexibility index (Phi) is 3.03. The molecule has 0 amide bonds. The molecule has 19 heavy (non-hydrogen) atoms. The molecule has 1 nitrogen and oxygen atoms in total. The van der Waals surface area contributed by atoms with Crippen molar-refractivity contribution in [2.24, 2.45) is 0 Å². The second-order valence-corrected chi connectivity index (χ2v) is 5.09. The van der Waals surface area contributed by atoms with Gasteiger partial charge in [-0.15, -0.1) is 0 Å². The van der Waals surface area contributed by atoms with Gasteiger partial charge in [0, 0.05) is 17.8 Å². The first kappa shape index (κ1) is 12.2. The normalized spacial score (nSPS) is 11.1. The number of para-hydroxylation sites is 1. The number of benzene rings is 2. The first-order chi connectivity index (χ1) is 9.15. The van der Waals surface area contributed by atoms with Crippen LogP contribution < -0.4 is 0 Å². The van der Waals surface area contributed by atoms with Crippen LogP contribution in [-0.4, -0.2) is 4.57 Å². The smallest absolute Gasteiger partial charge is 0.142 e. The van der Waals surface area contributed by atoms with Crippen molar-refractivity contribution >= 4 is 22.5 Å². The summed E-state index contributed by atoms with van der Waals surface area (Å²) in [6.45, 7) is 2.71. The molecule has 0 unspecified atom stereocenters. The Hall–Kier alpha value is -1.80. The Morgan fingerprint density at radius 2 is 1.89 bits per heavy atom. The summed E-state index contributed by atoms with van der Waals surface area (Å²) < 4.78 is 15.7. The minimum Gasteiger partial charge on any atom is -0.340 e. The Labute approximate surface area is 116 Å². The van der Waals surface area contributed by atoms with E-state index in [-0.39, 0.29) is 10.8 Å². The molecular weight excluding hydrogens is 261 g/mol. The molecule has 1 aromatic heterocycles. The summed E-state index contributed by atoms with van der Waals surface area (Å²) in [6.07, 6.45) is 0. The van der Waals surface area contributed by atoms with Crippen LogP contribution in [0.1, 0.15) is 11.3 Å².